The lowest BCUT2D eigenvalue weighted by molar-refractivity contribution is -0.117. The van der Waals surface area contributed by atoms with Crippen LogP contribution in [0.5, 0.6) is 0 Å². The molecule has 0 saturated carbocycles. The predicted octanol–water partition coefficient (Wildman–Crippen LogP) is 4.54. The quantitative estimate of drug-likeness (QED) is 0.732. The number of hydrogen-bond acceptors (Lipinski definition) is 1. The summed E-state index contributed by atoms with van der Waals surface area (Å²) >= 11 is 9.66. The minimum absolute atomic E-state index is 0.158. The first-order valence-corrected chi connectivity index (χ1v) is 8.12. The highest BCUT2D eigenvalue weighted by atomic mass is 79.9. The van der Waals surface area contributed by atoms with Crippen LogP contribution < -0.4 is 4.90 Å². The van der Waals surface area contributed by atoms with Crippen molar-refractivity contribution in [2.45, 2.75) is 17.7 Å². The van der Waals surface area contributed by atoms with Crippen molar-refractivity contribution in [1.82, 2.24) is 0 Å². The summed E-state index contributed by atoms with van der Waals surface area (Å²) in [6.45, 7) is 0. The molecule has 0 aliphatic carbocycles. The van der Waals surface area contributed by atoms with Gasteiger partial charge >= 0.3 is 0 Å². The lowest BCUT2D eigenvalue weighted by Gasteiger charge is -2.14. The van der Waals surface area contributed by atoms with E-state index in [4.69, 9.17) is 11.6 Å². The zero-order chi connectivity index (χ0) is 15.0. The highest BCUT2D eigenvalue weighted by molar-refractivity contribution is 9.09. The van der Waals surface area contributed by atoms with E-state index in [2.05, 4.69) is 28.1 Å². The van der Waals surface area contributed by atoms with Gasteiger partial charge in [-0.25, -0.2) is 0 Å². The van der Waals surface area contributed by atoms with E-state index < -0.39 is 0 Å². The zero-order valence-electron chi connectivity index (χ0n) is 11.6. The third-order valence-corrected chi connectivity index (χ3v) is 4.97. The number of fused-ring (bicyclic) bond motifs is 1. The van der Waals surface area contributed by atoms with Gasteiger partial charge in [0, 0.05) is 22.6 Å². The van der Waals surface area contributed by atoms with Crippen LogP contribution in [0.3, 0.4) is 0 Å². The summed E-state index contributed by atoms with van der Waals surface area (Å²) in [6.07, 6.45) is 1.39. The third kappa shape index (κ3) is 2.99. The molecular formula is C17H15BrClNO. The highest BCUT2D eigenvalue weighted by Crippen LogP contribution is 2.34. The van der Waals surface area contributed by atoms with Crippen LogP contribution in [0.4, 0.5) is 5.69 Å². The molecule has 0 spiro atoms. The molecule has 0 radical (unpaired) electrons. The molecule has 108 valence electrons. The summed E-state index contributed by atoms with van der Waals surface area (Å²) < 4.78 is 0. The second-order valence-electron chi connectivity index (χ2n) is 5.32. The Morgan fingerprint density at radius 2 is 1.95 bits per heavy atom. The van der Waals surface area contributed by atoms with Crippen molar-refractivity contribution in [1.29, 1.82) is 0 Å². The fourth-order valence-corrected chi connectivity index (χ4v) is 3.41. The van der Waals surface area contributed by atoms with E-state index in [-0.39, 0.29) is 10.7 Å². The number of rotatable bonds is 3. The van der Waals surface area contributed by atoms with Crippen molar-refractivity contribution in [2.24, 2.45) is 0 Å². The Balaban J connectivity index is 1.80. The van der Waals surface area contributed by atoms with Crippen LogP contribution in [0.2, 0.25) is 5.02 Å². The molecule has 2 aromatic carbocycles. The SMILES string of the molecule is CN1C(=O)Cc2cc(C(Br)Cc3ccc(Cl)cc3)ccc21. The molecule has 2 aromatic rings. The van der Waals surface area contributed by atoms with Gasteiger partial charge in [0.1, 0.15) is 0 Å². The van der Waals surface area contributed by atoms with E-state index in [9.17, 15) is 4.79 Å². The van der Waals surface area contributed by atoms with Gasteiger partial charge in [0.25, 0.3) is 0 Å². The highest BCUT2D eigenvalue weighted by Gasteiger charge is 2.24. The van der Waals surface area contributed by atoms with Crippen LogP contribution in [0.15, 0.2) is 42.5 Å². The summed E-state index contributed by atoms with van der Waals surface area (Å²) in [4.78, 5) is 13.7. The van der Waals surface area contributed by atoms with Gasteiger partial charge in [0.05, 0.1) is 6.42 Å². The van der Waals surface area contributed by atoms with Crippen LogP contribution in [-0.4, -0.2) is 13.0 Å². The largest absolute Gasteiger partial charge is 0.315 e. The number of nitrogens with zero attached hydrogens (tertiary/aromatic N) is 1. The number of hydrogen-bond donors (Lipinski definition) is 0. The number of anilines is 1. The lowest BCUT2D eigenvalue weighted by Crippen LogP contribution is -2.20. The normalized spacial score (nSPS) is 15.2. The first-order valence-electron chi connectivity index (χ1n) is 6.82. The van der Waals surface area contributed by atoms with Gasteiger partial charge in [-0.2, -0.15) is 0 Å². The van der Waals surface area contributed by atoms with Crippen LogP contribution in [0.1, 0.15) is 21.5 Å². The van der Waals surface area contributed by atoms with Gasteiger partial charge in [-0.05, 0) is 41.3 Å². The van der Waals surface area contributed by atoms with Crippen LogP contribution in [0.25, 0.3) is 0 Å². The minimum atomic E-state index is 0.158. The molecule has 1 aliphatic heterocycles. The van der Waals surface area contributed by atoms with E-state index in [1.165, 1.54) is 11.1 Å². The Morgan fingerprint density at radius 3 is 2.67 bits per heavy atom. The smallest absolute Gasteiger partial charge is 0.231 e. The van der Waals surface area contributed by atoms with Gasteiger partial charge in [-0.3, -0.25) is 4.79 Å². The monoisotopic (exact) mass is 363 g/mol. The van der Waals surface area contributed by atoms with E-state index in [1.54, 1.807) is 4.90 Å². The number of benzene rings is 2. The minimum Gasteiger partial charge on any atom is -0.315 e. The number of carbonyl (C=O) groups excluding carboxylic acids is 1. The van der Waals surface area contributed by atoms with Crippen LogP contribution in [-0.2, 0) is 17.6 Å². The summed E-state index contributed by atoms with van der Waals surface area (Å²) in [5.74, 6) is 0.158. The summed E-state index contributed by atoms with van der Waals surface area (Å²) in [5.41, 5.74) is 4.57. The topological polar surface area (TPSA) is 20.3 Å². The standard InChI is InChI=1S/C17H15BrClNO/c1-20-16-7-4-12(9-13(16)10-17(20)21)15(18)8-11-2-5-14(19)6-3-11/h2-7,9,15H,8,10H2,1H3. The van der Waals surface area contributed by atoms with Gasteiger partial charge in [-0.1, -0.05) is 51.8 Å². The zero-order valence-corrected chi connectivity index (χ0v) is 14.0. The second-order valence-corrected chi connectivity index (χ2v) is 6.86. The lowest BCUT2D eigenvalue weighted by atomic mass is 10.0. The van der Waals surface area contributed by atoms with Crippen molar-refractivity contribution < 1.29 is 4.79 Å². The molecular weight excluding hydrogens is 350 g/mol. The number of amides is 1. The third-order valence-electron chi connectivity index (χ3n) is 3.87. The molecule has 3 rings (SSSR count). The van der Waals surface area contributed by atoms with E-state index >= 15 is 0 Å². The van der Waals surface area contributed by atoms with Gasteiger partial charge in [0.2, 0.25) is 5.91 Å². The molecule has 0 saturated heterocycles. The molecule has 0 aromatic heterocycles. The maximum atomic E-state index is 11.7. The van der Waals surface area contributed by atoms with Crippen molar-refractivity contribution >= 4 is 39.1 Å². The molecule has 21 heavy (non-hydrogen) atoms. The molecule has 1 amide bonds. The molecule has 0 fully saturated rings. The van der Waals surface area contributed by atoms with E-state index in [0.717, 1.165) is 22.7 Å². The molecule has 2 nitrogen and oxygen atoms in total. The van der Waals surface area contributed by atoms with E-state index in [0.29, 0.717) is 6.42 Å². The number of alkyl halides is 1. The fourth-order valence-electron chi connectivity index (χ4n) is 2.63. The molecule has 1 atom stereocenters. The van der Waals surface area contributed by atoms with Crippen molar-refractivity contribution in [3.8, 4) is 0 Å². The van der Waals surface area contributed by atoms with Crippen LogP contribution >= 0.6 is 27.5 Å². The van der Waals surface area contributed by atoms with Crippen molar-refractivity contribution in [3.63, 3.8) is 0 Å². The fraction of sp³-hybridized carbons (Fsp3) is 0.235. The molecule has 0 N–H and O–H groups in total. The molecule has 1 aliphatic rings. The first kappa shape index (κ1) is 14.6. The Kier molecular flexibility index (Phi) is 4.05. The molecule has 1 heterocycles. The first-order chi connectivity index (χ1) is 10.0. The average Bonchev–Trinajstić information content (AvgIpc) is 2.76. The van der Waals surface area contributed by atoms with Crippen molar-refractivity contribution in [3.05, 3.63) is 64.2 Å². The maximum Gasteiger partial charge on any atom is 0.231 e. The molecule has 1 unspecified atom stereocenters. The molecule has 0 bridgehead atoms. The summed E-state index contributed by atoms with van der Waals surface area (Å²) in [6, 6.07) is 14.2. The Labute approximate surface area is 137 Å². The Morgan fingerprint density at radius 1 is 1.24 bits per heavy atom. The van der Waals surface area contributed by atoms with Gasteiger partial charge in [-0.15, -0.1) is 0 Å². The van der Waals surface area contributed by atoms with Crippen LogP contribution in [0, 0.1) is 0 Å². The number of halogens is 2. The summed E-state index contributed by atoms with van der Waals surface area (Å²) in [7, 11) is 1.83. The van der Waals surface area contributed by atoms with Crippen molar-refractivity contribution in [2.75, 3.05) is 11.9 Å². The maximum absolute atomic E-state index is 11.7. The summed E-state index contributed by atoms with van der Waals surface area (Å²) in [5, 5.41) is 0.754. The Hall–Kier alpha value is -1.32. The Bertz CT molecular complexity index is 684. The van der Waals surface area contributed by atoms with Gasteiger partial charge < -0.3 is 4.90 Å². The number of carbonyl (C=O) groups is 1. The average molecular weight is 365 g/mol. The van der Waals surface area contributed by atoms with Gasteiger partial charge in [0.15, 0.2) is 0 Å². The number of likely N-dealkylation sites (N-methyl/N-ethyl adjacent to an activating group) is 1. The van der Waals surface area contributed by atoms with E-state index in [1.807, 2.05) is 37.4 Å². The molecule has 4 heteroatoms. The second kappa shape index (κ2) is 5.82. The predicted molar refractivity (Wildman–Crippen MR) is 90.4 cm³/mol.